The van der Waals surface area contributed by atoms with Crippen molar-refractivity contribution in [1.29, 1.82) is 0 Å². The molecule has 1 aliphatic heterocycles. The highest BCUT2D eigenvalue weighted by Crippen LogP contribution is 2.16. The molecule has 0 bridgehead atoms. The molecule has 1 saturated heterocycles. The third kappa shape index (κ3) is 6.70. The maximum absolute atomic E-state index is 13.1. The third-order valence-electron chi connectivity index (χ3n) is 5.47. The van der Waals surface area contributed by atoms with E-state index in [1.54, 1.807) is 0 Å². The summed E-state index contributed by atoms with van der Waals surface area (Å²) in [5.41, 5.74) is 3.51. The van der Waals surface area contributed by atoms with Crippen LogP contribution in [0.4, 0.5) is 10.1 Å². The van der Waals surface area contributed by atoms with Crippen LogP contribution in [0, 0.1) is 19.7 Å². The fourth-order valence-corrected chi connectivity index (χ4v) is 3.57. The molecule has 29 heavy (non-hydrogen) atoms. The minimum Gasteiger partial charge on any atom is -0.491 e. The Morgan fingerprint density at radius 1 is 1.03 bits per heavy atom. The van der Waals surface area contributed by atoms with E-state index < -0.39 is 6.10 Å². The second kappa shape index (κ2) is 10.6. The molecule has 2 aromatic carbocycles. The summed E-state index contributed by atoms with van der Waals surface area (Å²) < 4.78 is 24.3. The fraction of sp³-hybridized carbons (Fsp3) is 0.478. The van der Waals surface area contributed by atoms with Crippen LogP contribution < -0.4 is 14.5 Å². The summed E-state index contributed by atoms with van der Waals surface area (Å²) in [6, 6.07) is 12.7. The summed E-state index contributed by atoms with van der Waals surface area (Å²) in [6.07, 6.45) is -0.482. The van der Waals surface area contributed by atoms with Gasteiger partial charge in [-0.05, 0) is 61.4 Å². The Morgan fingerprint density at radius 3 is 2.45 bits per heavy atom. The first-order chi connectivity index (χ1) is 14.0. The zero-order chi connectivity index (χ0) is 20.6. The average Bonchev–Trinajstić information content (AvgIpc) is 2.71. The van der Waals surface area contributed by atoms with Crippen molar-refractivity contribution in [2.24, 2.45) is 0 Å². The van der Waals surface area contributed by atoms with Crippen molar-refractivity contribution >= 4 is 5.69 Å². The number of ether oxygens (including phenoxy) is 2. The third-order valence-corrected chi connectivity index (χ3v) is 5.47. The molecular weight excluding hydrogens is 371 g/mol. The standard InChI is InChI=1S/C23H31FN2O3/c1-18-3-8-23(15-19(18)2)29-14-13-28-17-22(27)16-25-9-11-26(12-10-25)21-6-4-20(24)5-7-21/h3-8,15,22,27H,9-14,16-17H2,1-2H3/p+1/t22-/m0/s1. The molecule has 2 N–H and O–H groups in total. The van der Waals surface area contributed by atoms with Gasteiger partial charge in [0.25, 0.3) is 0 Å². The number of piperazine rings is 1. The molecule has 158 valence electrons. The Hall–Kier alpha value is -2.15. The first kappa shape index (κ1) is 21.6. The molecule has 0 unspecified atom stereocenters. The molecule has 1 atom stereocenters. The van der Waals surface area contributed by atoms with Gasteiger partial charge >= 0.3 is 0 Å². The average molecular weight is 404 g/mol. The van der Waals surface area contributed by atoms with Crippen LogP contribution in [-0.2, 0) is 4.74 Å². The largest absolute Gasteiger partial charge is 0.491 e. The highest BCUT2D eigenvalue weighted by Gasteiger charge is 2.22. The highest BCUT2D eigenvalue weighted by molar-refractivity contribution is 5.46. The zero-order valence-electron chi connectivity index (χ0n) is 17.4. The smallest absolute Gasteiger partial charge is 0.126 e. The van der Waals surface area contributed by atoms with Crippen LogP contribution in [0.15, 0.2) is 42.5 Å². The van der Waals surface area contributed by atoms with Gasteiger partial charge in [0.05, 0.1) is 39.4 Å². The van der Waals surface area contributed by atoms with E-state index in [4.69, 9.17) is 9.47 Å². The fourth-order valence-electron chi connectivity index (χ4n) is 3.57. The van der Waals surface area contributed by atoms with Crippen LogP contribution in [0.5, 0.6) is 5.75 Å². The van der Waals surface area contributed by atoms with Crippen molar-refractivity contribution < 1.29 is 23.9 Å². The van der Waals surface area contributed by atoms with Crippen molar-refractivity contribution in [1.82, 2.24) is 0 Å². The van der Waals surface area contributed by atoms with Crippen LogP contribution in [0.1, 0.15) is 11.1 Å². The molecule has 0 aliphatic carbocycles. The number of aryl methyl sites for hydroxylation is 2. The molecule has 2 aromatic rings. The highest BCUT2D eigenvalue weighted by atomic mass is 19.1. The summed E-state index contributed by atoms with van der Waals surface area (Å²) >= 11 is 0. The van der Waals surface area contributed by atoms with E-state index >= 15 is 0 Å². The lowest BCUT2D eigenvalue weighted by molar-refractivity contribution is -0.903. The predicted octanol–water partition coefficient (Wildman–Crippen LogP) is 1.60. The van der Waals surface area contributed by atoms with Crippen LogP contribution in [0.2, 0.25) is 0 Å². The summed E-state index contributed by atoms with van der Waals surface area (Å²) in [5, 5.41) is 10.3. The van der Waals surface area contributed by atoms with Gasteiger partial charge in [-0.25, -0.2) is 4.39 Å². The van der Waals surface area contributed by atoms with Gasteiger partial charge in [0.1, 0.15) is 30.8 Å². The molecule has 0 radical (unpaired) electrons. The Labute approximate surface area is 172 Å². The van der Waals surface area contributed by atoms with Crippen molar-refractivity contribution in [3.05, 3.63) is 59.4 Å². The van der Waals surface area contributed by atoms with Crippen LogP contribution in [0.25, 0.3) is 0 Å². The van der Waals surface area contributed by atoms with Gasteiger partial charge in [-0.2, -0.15) is 0 Å². The number of halogens is 1. The first-order valence-electron chi connectivity index (χ1n) is 10.3. The molecule has 0 aromatic heterocycles. The summed E-state index contributed by atoms with van der Waals surface area (Å²) in [6.45, 7) is 9.77. The minimum atomic E-state index is -0.482. The van der Waals surface area contributed by atoms with Gasteiger partial charge in [-0.3, -0.25) is 0 Å². The van der Waals surface area contributed by atoms with Crippen LogP contribution >= 0.6 is 0 Å². The molecule has 3 rings (SSSR count). The van der Waals surface area contributed by atoms with Crippen molar-refractivity contribution in [3.8, 4) is 5.75 Å². The second-order valence-corrected chi connectivity index (χ2v) is 7.74. The van der Waals surface area contributed by atoms with E-state index in [-0.39, 0.29) is 5.82 Å². The number of anilines is 1. The van der Waals surface area contributed by atoms with Gasteiger partial charge in [0.15, 0.2) is 0 Å². The Morgan fingerprint density at radius 2 is 1.76 bits per heavy atom. The molecule has 1 aliphatic rings. The topological polar surface area (TPSA) is 46.4 Å². The van der Waals surface area contributed by atoms with Gasteiger partial charge in [-0.1, -0.05) is 6.07 Å². The number of aliphatic hydroxyl groups excluding tert-OH is 1. The van der Waals surface area contributed by atoms with E-state index in [2.05, 4.69) is 18.7 Å². The number of benzene rings is 2. The molecule has 0 saturated carbocycles. The summed E-state index contributed by atoms with van der Waals surface area (Å²) in [5.74, 6) is 0.640. The minimum absolute atomic E-state index is 0.208. The zero-order valence-corrected chi connectivity index (χ0v) is 17.4. The van der Waals surface area contributed by atoms with Gasteiger partial charge < -0.3 is 24.4 Å². The summed E-state index contributed by atoms with van der Waals surface area (Å²) in [7, 11) is 0. The van der Waals surface area contributed by atoms with E-state index in [0.717, 1.165) is 37.6 Å². The molecule has 0 amide bonds. The Balaban J connectivity index is 1.28. The SMILES string of the molecule is Cc1ccc(OCCOC[C@@H](O)C[NH+]2CCN(c3ccc(F)cc3)CC2)cc1C. The van der Waals surface area contributed by atoms with Gasteiger partial charge in [-0.15, -0.1) is 0 Å². The quantitative estimate of drug-likeness (QED) is 0.625. The van der Waals surface area contributed by atoms with E-state index in [9.17, 15) is 9.50 Å². The van der Waals surface area contributed by atoms with Crippen molar-refractivity contribution in [2.75, 3.05) is 57.4 Å². The lowest BCUT2D eigenvalue weighted by Crippen LogP contribution is -3.16. The molecular formula is C23H32FN2O3+. The molecule has 1 fully saturated rings. The van der Waals surface area contributed by atoms with E-state index in [0.29, 0.717) is 26.4 Å². The van der Waals surface area contributed by atoms with E-state index in [1.165, 1.54) is 28.2 Å². The van der Waals surface area contributed by atoms with E-state index in [1.807, 2.05) is 30.3 Å². The first-order valence-corrected chi connectivity index (χ1v) is 10.3. The summed E-state index contributed by atoms with van der Waals surface area (Å²) in [4.78, 5) is 3.63. The Bertz CT molecular complexity index is 761. The lowest BCUT2D eigenvalue weighted by atomic mass is 10.1. The number of quaternary nitrogens is 1. The number of hydrogen-bond donors (Lipinski definition) is 2. The lowest BCUT2D eigenvalue weighted by Gasteiger charge is -2.34. The van der Waals surface area contributed by atoms with Crippen LogP contribution in [-0.4, -0.2) is 63.8 Å². The number of nitrogens with zero attached hydrogens (tertiary/aromatic N) is 1. The monoisotopic (exact) mass is 403 g/mol. The maximum atomic E-state index is 13.1. The normalized spacial score (nSPS) is 16.1. The van der Waals surface area contributed by atoms with Crippen molar-refractivity contribution in [2.45, 2.75) is 20.0 Å². The van der Waals surface area contributed by atoms with Crippen molar-refractivity contribution in [3.63, 3.8) is 0 Å². The number of rotatable bonds is 9. The van der Waals surface area contributed by atoms with Crippen LogP contribution in [0.3, 0.4) is 0 Å². The maximum Gasteiger partial charge on any atom is 0.126 e. The molecule has 5 nitrogen and oxygen atoms in total. The number of nitrogens with one attached hydrogen (secondary N) is 1. The number of hydrogen-bond acceptors (Lipinski definition) is 4. The predicted molar refractivity (Wildman–Crippen MR) is 112 cm³/mol. The number of aliphatic hydroxyl groups is 1. The second-order valence-electron chi connectivity index (χ2n) is 7.74. The molecule has 6 heteroatoms. The molecule has 1 heterocycles. The Kier molecular flexibility index (Phi) is 7.86. The van der Waals surface area contributed by atoms with Gasteiger partial charge in [0.2, 0.25) is 0 Å². The van der Waals surface area contributed by atoms with Gasteiger partial charge in [0, 0.05) is 5.69 Å². The molecule has 0 spiro atoms.